The molecular formula is C12H13FN4. The Labute approximate surface area is 98.7 Å². The Morgan fingerprint density at radius 3 is 2.82 bits per heavy atom. The van der Waals surface area contributed by atoms with Gasteiger partial charge in [-0.15, -0.1) is 0 Å². The highest BCUT2D eigenvalue weighted by atomic mass is 19.1. The maximum absolute atomic E-state index is 13.2. The van der Waals surface area contributed by atoms with Gasteiger partial charge in [-0.2, -0.15) is 0 Å². The fourth-order valence-electron chi connectivity index (χ4n) is 1.67. The van der Waals surface area contributed by atoms with Gasteiger partial charge in [-0.3, -0.25) is 5.84 Å². The molecule has 0 aliphatic carbocycles. The summed E-state index contributed by atoms with van der Waals surface area (Å²) < 4.78 is 13.2. The van der Waals surface area contributed by atoms with Crippen molar-refractivity contribution in [1.82, 2.24) is 15.4 Å². The van der Waals surface area contributed by atoms with Gasteiger partial charge in [0, 0.05) is 6.20 Å². The maximum Gasteiger partial charge on any atom is 0.125 e. The van der Waals surface area contributed by atoms with Crippen LogP contribution in [0.25, 0.3) is 0 Å². The number of halogens is 1. The molecule has 0 fully saturated rings. The molecule has 0 spiro atoms. The average molecular weight is 232 g/mol. The molecule has 0 bridgehead atoms. The van der Waals surface area contributed by atoms with Crippen LogP contribution < -0.4 is 11.3 Å². The fraction of sp³-hybridized carbons (Fsp3) is 0.167. The second-order valence-corrected chi connectivity index (χ2v) is 3.68. The fourth-order valence-corrected chi connectivity index (χ4v) is 1.67. The predicted molar refractivity (Wildman–Crippen MR) is 62.3 cm³/mol. The normalized spacial score (nSPS) is 12.4. The molecule has 17 heavy (non-hydrogen) atoms. The van der Waals surface area contributed by atoms with Crippen molar-refractivity contribution in [1.29, 1.82) is 0 Å². The number of hydrogen-bond acceptors (Lipinski definition) is 4. The van der Waals surface area contributed by atoms with Crippen molar-refractivity contribution in [3.8, 4) is 0 Å². The molecule has 0 saturated heterocycles. The number of hydrogen-bond donors (Lipinski definition) is 2. The van der Waals surface area contributed by atoms with Crippen molar-refractivity contribution in [2.24, 2.45) is 5.84 Å². The number of rotatable bonds is 3. The third-order valence-corrected chi connectivity index (χ3v) is 2.44. The number of nitrogens with one attached hydrogen (secondary N) is 1. The first-order valence-electron chi connectivity index (χ1n) is 5.22. The molecule has 1 unspecified atom stereocenters. The van der Waals surface area contributed by atoms with Crippen LogP contribution in [0, 0.1) is 12.7 Å². The SMILES string of the molecule is Cc1nccc(C(NN)c2cccc(F)c2)n1. The minimum Gasteiger partial charge on any atom is -0.271 e. The van der Waals surface area contributed by atoms with E-state index in [-0.39, 0.29) is 11.9 Å². The predicted octanol–water partition coefficient (Wildman–Crippen LogP) is 1.48. The lowest BCUT2D eigenvalue weighted by atomic mass is 10.0. The number of hydrazine groups is 1. The van der Waals surface area contributed by atoms with Gasteiger partial charge in [0.15, 0.2) is 0 Å². The third-order valence-electron chi connectivity index (χ3n) is 2.44. The number of aromatic nitrogens is 2. The maximum atomic E-state index is 13.2. The van der Waals surface area contributed by atoms with Crippen LogP contribution in [0.1, 0.15) is 23.1 Å². The van der Waals surface area contributed by atoms with Crippen LogP contribution in [0.3, 0.4) is 0 Å². The highest BCUT2D eigenvalue weighted by Crippen LogP contribution is 2.19. The monoisotopic (exact) mass is 232 g/mol. The molecule has 4 nitrogen and oxygen atoms in total. The molecule has 88 valence electrons. The highest BCUT2D eigenvalue weighted by molar-refractivity contribution is 5.27. The van der Waals surface area contributed by atoms with Crippen LogP contribution in [0.15, 0.2) is 36.5 Å². The third kappa shape index (κ3) is 2.64. The molecule has 5 heteroatoms. The van der Waals surface area contributed by atoms with Crippen molar-refractivity contribution in [2.45, 2.75) is 13.0 Å². The summed E-state index contributed by atoms with van der Waals surface area (Å²) in [6.45, 7) is 1.79. The standard InChI is InChI=1S/C12H13FN4/c1-8-15-6-5-11(16-8)12(17-14)9-3-2-4-10(13)7-9/h2-7,12,17H,14H2,1H3. The summed E-state index contributed by atoms with van der Waals surface area (Å²) in [4.78, 5) is 8.29. The summed E-state index contributed by atoms with van der Waals surface area (Å²) in [6.07, 6.45) is 1.65. The lowest BCUT2D eigenvalue weighted by Gasteiger charge is -2.15. The Balaban J connectivity index is 2.40. The van der Waals surface area contributed by atoms with E-state index in [0.717, 1.165) is 5.56 Å². The minimum atomic E-state index is -0.340. The highest BCUT2D eigenvalue weighted by Gasteiger charge is 2.14. The van der Waals surface area contributed by atoms with Gasteiger partial charge in [-0.1, -0.05) is 12.1 Å². The summed E-state index contributed by atoms with van der Waals surface area (Å²) >= 11 is 0. The van der Waals surface area contributed by atoms with E-state index in [2.05, 4.69) is 15.4 Å². The summed E-state index contributed by atoms with van der Waals surface area (Å²) in [5.41, 5.74) is 4.07. The van der Waals surface area contributed by atoms with E-state index in [1.807, 2.05) is 0 Å². The van der Waals surface area contributed by atoms with E-state index in [0.29, 0.717) is 11.5 Å². The summed E-state index contributed by atoms with van der Waals surface area (Å²) in [6, 6.07) is 7.67. The largest absolute Gasteiger partial charge is 0.271 e. The van der Waals surface area contributed by atoms with E-state index in [1.165, 1.54) is 12.1 Å². The zero-order chi connectivity index (χ0) is 12.3. The van der Waals surface area contributed by atoms with Crippen LogP contribution in [0.5, 0.6) is 0 Å². The van der Waals surface area contributed by atoms with Crippen LogP contribution in [-0.2, 0) is 0 Å². The van der Waals surface area contributed by atoms with E-state index >= 15 is 0 Å². The van der Waals surface area contributed by atoms with Crippen molar-refractivity contribution in [3.05, 3.63) is 59.4 Å². The van der Waals surface area contributed by atoms with Gasteiger partial charge in [-0.25, -0.2) is 19.8 Å². The zero-order valence-electron chi connectivity index (χ0n) is 9.39. The van der Waals surface area contributed by atoms with Gasteiger partial charge in [0.25, 0.3) is 0 Å². The molecule has 0 radical (unpaired) electrons. The van der Waals surface area contributed by atoms with Crippen molar-refractivity contribution in [3.63, 3.8) is 0 Å². The van der Waals surface area contributed by atoms with Crippen molar-refractivity contribution >= 4 is 0 Å². The summed E-state index contributed by atoms with van der Waals surface area (Å²) in [7, 11) is 0. The zero-order valence-corrected chi connectivity index (χ0v) is 9.39. The molecule has 0 aliphatic rings. The lowest BCUT2D eigenvalue weighted by Crippen LogP contribution is -2.29. The smallest absolute Gasteiger partial charge is 0.125 e. The Morgan fingerprint density at radius 1 is 1.35 bits per heavy atom. The van der Waals surface area contributed by atoms with Crippen molar-refractivity contribution < 1.29 is 4.39 Å². The molecule has 1 aromatic carbocycles. The molecule has 3 N–H and O–H groups in total. The molecule has 0 aliphatic heterocycles. The second kappa shape index (κ2) is 4.99. The average Bonchev–Trinajstić information content (AvgIpc) is 2.30. The molecule has 1 heterocycles. The first-order valence-corrected chi connectivity index (χ1v) is 5.22. The number of nitrogens with two attached hydrogens (primary N) is 1. The lowest BCUT2D eigenvalue weighted by molar-refractivity contribution is 0.595. The minimum absolute atomic E-state index is 0.298. The molecule has 2 aromatic rings. The van der Waals surface area contributed by atoms with E-state index in [4.69, 9.17) is 5.84 Å². The quantitative estimate of drug-likeness (QED) is 0.621. The number of nitrogens with zero attached hydrogens (tertiary/aromatic N) is 2. The van der Waals surface area contributed by atoms with Gasteiger partial charge >= 0.3 is 0 Å². The molecule has 0 saturated carbocycles. The molecule has 0 amide bonds. The van der Waals surface area contributed by atoms with Crippen LogP contribution >= 0.6 is 0 Å². The van der Waals surface area contributed by atoms with E-state index < -0.39 is 0 Å². The van der Waals surface area contributed by atoms with Gasteiger partial charge in [0.1, 0.15) is 11.6 Å². The van der Waals surface area contributed by atoms with Gasteiger partial charge in [-0.05, 0) is 30.7 Å². The summed E-state index contributed by atoms with van der Waals surface area (Å²) in [5, 5.41) is 0. The first kappa shape index (κ1) is 11.6. The van der Waals surface area contributed by atoms with Crippen LogP contribution in [0.4, 0.5) is 4.39 Å². The number of benzene rings is 1. The number of aryl methyl sites for hydroxylation is 1. The molecule has 1 aromatic heterocycles. The Bertz CT molecular complexity index is 470. The van der Waals surface area contributed by atoms with Gasteiger partial charge in [0.2, 0.25) is 0 Å². The van der Waals surface area contributed by atoms with Crippen LogP contribution in [-0.4, -0.2) is 9.97 Å². The Hall–Kier alpha value is -1.85. The second-order valence-electron chi connectivity index (χ2n) is 3.68. The topological polar surface area (TPSA) is 63.8 Å². The van der Waals surface area contributed by atoms with Crippen molar-refractivity contribution in [2.75, 3.05) is 0 Å². The molecule has 2 rings (SSSR count). The Morgan fingerprint density at radius 2 is 2.18 bits per heavy atom. The van der Waals surface area contributed by atoms with Gasteiger partial charge in [0.05, 0.1) is 11.7 Å². The molecular weight excluding hydrogens is 219 g/mol. The van der Waals surface area contributed by atoms with Crippen LogP contribution in [0.2, 0.25) is 0 Å². The Kier molecular flexibility index (Phi) is 3.41. The first-order chi connectivity index (χ1) is 8.20. The van der Waals surface area contributed by atoms with Gasteiger partial charge < -0.3 is 0 Å². The van der Waals surface area contributed by atoms with E-state index in [1.54, 1.807) is 31.3 Å². The molecule has 1 atom stereocenters. The van der Waals surface area contributed by atoms with E-state index in [9.17, 15) is 4.39 Å². The summed E-state index contributed by atoms with van der Waals surface area (Å²) in [5.74, 6) is 5.86.